The van der Waals surface area contributed by atoms with Gasteiger partial charge in [0.05, 0.1) is 0 Å². The largest absolute Gasteiger partial charge is 0.322 e. The molecular weight excluding hydrogens is 296 g/mol. The van der Waals surface area contributed by atoms with Crippen LogP contribution in [-0.4, -0.2) is 4.98 Å². The van der Waals surface area contributed by atoms with E-state index in [2.05, 4.69) is 4.98 Å². The summed E-state index contributed by atoms with van der Waals surface area (Å²) in [6.07, 6.45) is 0.657. The maximum absolute atomic E-state index is 13.8. The number of fused-ring (bicyclic) bond motifs is 1. The van der Waals surface area contributed by atoms with Gasteiger partial charge in [-0.2, -0.15) is 0 Å². The second-order valence-corrected chi connectivity index (χ2v) is 5.98. The Balaban J connectivity index is 2.09. The zero-order valence-electron chi connectivity index (χ0n) is 13.0. The molecule has 3 rings (SSSR count). The van der Waals surface area contributed by atoms with Crippen molar-refractivity contribution in [3.05, 3.63) is 81.1 Å². The van der Waals surface area contributed by atoms with Gasteiger partial charge in [0.25, 0.3) is 5.92 Å². The van der Waals surface area contributed by atoms with Crippen molar-refractivity contribution in [3.8, 4) is 0 Å². The van der Waals surface area contributed by atoms with Crippen LogP contribution in [0.3, 0.4) is 0 Å². The molecule has 0 fully saturated rings. The van der Waals surface area contributed by atoms with Gasteiger partial charge in [0.2, 0.25) is 5.56 Å². The molecular formula is C19H17F2NO. The van der Waals surface area contributed by atoms with E-state index in [0.717, 1.165) is 24.1 Å². The van der Waals surface area contributed by atoms with Gasteiger partial charge in [-0.25, -0.2) is 8.78 Å². The summed E-state index contributed by atoms with van der Waals surface area (Å²) in [7, 11) is 0. The van der Waals surface area contributed by atoms with E-state index in [1.807, 2.05) is 37.3 Å². The standard InChI is InChI=1S/C19H17F2NO/c1-12-3-5-13(6-4-12)9-14-7-8-17-15(10-14)16(19(2,20)21)11-18(23)22-17/h3-8,10-11H,9H2,1-2H3,(H,22,23). The maximum Gasteiger partial charge on any atom is 0.271 e. The predicted molar refractivity (Wildman–Crippen MR) is 88.1 cm³/mol. The molecule has 0 bridgehead atoms. The maximum atomic E-state index is 13.8. The van der Waals surface area contributed by atoms with Crippen LogP contribution in [0.4, 0.5) is 8.78 Å². The normalized spacial score (nSPS) is 11.8. The number of benzene rings is 2. The van der Waals surface area contributed by atoms with Gasteiger partial charge in [-0.15, -0.1) is 0 Å². The highest BCUT2D eigenvalue weighted by Gasteiger charge is 2.27. The Bertz CT molecular complexity index is 905. The lowest BCUT2D eigenvalue weighted by Gasteiger charge is -2.14. The number of aryl methyl sites for hydroxylation is 1. The first-order valence-corrected chi connectivity index (χ1v) is 7.43. The van der Waals surface area contributed by atoms with Gasteiger partial charge in [0.1, 0.15) is 0 Å². The summed E-state index contributed by atoms with van der Waals surface area (Å²) in [6.45, 7) is 2.83. The molecule has 0 aliphatic rings. The quantitative estimate of drug-likeness (QED) is 0.756. The number of alkyl halides is 2. The molecule has 2 nitrogen and oxygen atoms in total. The fraction of sp³-hybridized carbons (Fsp3) is 0.211. The average Bonchev–Trinajstić information content (AvgIpc) is 2.48. The Morgan fingerprint density at radius 1 is 1.00 bits per heavy atom. The fourth-order valence-electron chi connectivity index (χ4n) is 2.72. The smallest absolute Gasteiger partial charge is 0.271 e. The van der Waals surface area contributed by atoms with Gasteiger partial charge in [-0.1, -0.05) is 35.9 Å². The average molecular weight is 313 g/mol. The number of hydrogen-bond donors (Lipinski definition) is 1. The SMILES string of the molecule is Cc1ccc(Cc2ccc3[nH]c(=O)cc(C(C)(F)F)c3c2)cc1. The number of rotatable bonds is 3. The Labute approximate surface area is 132 Å². The fourth-order valence-corrected chi connectivity index (χ4v) is 2.72. The minimum atomic E-state index is -3.06. The van der Waals surface area contributed by atoms with Crippen LogP contribution in [0.15, 0.2) is 53.3 Å². The summed E-state index contributed by atoms with van der Waals surface area (Å²) in [5.41, 5.74) is 2.91. The molecule has 0 aliphatic heterocycles. The number of aromatic amines is 1. The van der Waals surface area contributed by atoms with E-state index >= 15 is 0 Å². The summed E-state index contributed by atoms with van der Waals surface area (Å²) in [6, 6.07) is 14.4. The highest BCUT2D eigenvalue weighted by Crippen LogP contribution is 2.32. The number of hydrogen-bond acceptors (Lipinski definition) is 1. The van der Waals surface area contributed by atoms with Crippen LogP contribution in [0, 0.1) is 6.92 Å². The van der Waals surface area contributed by atoms with E-state index < -0.39 is 11.5 Å². The van der Waals surface area contributed by atoms with E-state index in [-0.39, 0.29) is 5.56 Å². The molecule has 0 aliphatic carbocycles. The molecule has 2 aromatic carbocycles. The summed E-state index contributed by atoms with van der Waals surface area (Å²) in [5, 5.41) is 0.390. The van der Waals surface area contributed by atoms with Crippen LogP contribution in [0.5, 0.6) is 0 Å². The monoisotopic (exact) mass is 313 g/mol. The molecule has 1 aromatic heterocycles. The van der Waals surface area contributed by atoms with Crippen molar-refractivity contribution in [2.24, 2.45) is 0 Å². The minimum Gasteiger partial charge on any atom is -0.322 e. The van der Waals surface area contributed by atoms with Crippen LogP contribution >= 0.6 is 0 Å². The van der Waals surface area contributed by atoms with E-state index in [9.17, 15) is 13.6 Å². The van der Waals surface area contributed by atoms with Crippen LogP contribution in [-0.2, 0) is 12.3 Å². The second kappa shape index (κ2) is 5.61. The van der Waals surface area contributed by atoms with Crippen LogP contribution in [0.25, 0.3) is 10.9 Å². The van der Waals surface area contributed by atoms with E-state index in [1.54, 1.807) is 12.1 Å². The third kappa shape index (κ3) is 3.31. The first-order chi connectivity index (χ1) is 10.8. The van der Waals surface area contributed by atoms with Crippen molar-refractivity contribution >= 4 is 10.9 Å². The highest BCUT2D eigenvalue weighted by molar-refractivity contribution is 5.83. The molecule has 23 heavy (non-hydrogen) atoms. The molecule has 118 valence electrons. The van der Waals surface area contributed by atoms with E-state index in [1.165, 1.54) is 5.56 Å². The molecule has 0 radical (unpaired) electrons. The van der Waals surface area contributed by atoms with Crippen LogP contribution in [0.2, 0.25) is 0 Å². The zero-order valence-corrected chi connectivity index (χ0v) is 13.0. The lowest BCUT2D eigenvalue weighted by Crippen LogP contribution is -2.15. The van der Waals surface area contributed by atoms with Crippen molar-refractivity contribution in [1.82, 2.24) is 4.98 Å². The molecule has 1 heterocycles. The number of halogens is 2. The van der Waals surface area contributed by atoms with Gasteiger partial charge in [0, 0.05) is 29.5 Å². The summed E-state index contributed by atoms with van der Waals surface area (Å²) >= 11 is 0. The highest BCUT2D eigenvalue weighted by atomic mass is 19.3. The topological polar surface area (TPSA) is 32.9 Å². The first kappa shape index (κ1) is 15.4. The van der Waals surface area contributed by atoms with E-state index in [0.29, 0.717) is 17.3 Å². The molecule has 0 saturated carbocycles. The van der Waals surface area contributed by atoms with Crippen molar-refractivity contribution < 1.29 is 8.78 Å². The molecule has 4 heteroatoms. The molecule has 0 spiro atoms. The molecule has 1 N–H and O–H groups in total. The van der Waals surface area contributed by atoms with Crippen molar-refractivity contribution in [3.63, 3.8) is 0 Å². The van der Waals surface area contributed by atoms with Crippen molar-refractivity contribution in [2.45, 2.75) is 26.2 Å². The third-order valence-electron chi connectivity index (χ3n) is 3.91. The Kier molecular flexibility index (Phi) is 3.76. The van der Waals surface area contributed by atoms with Crippen LogP contribution in [0.1, 0.15) is 29.2 Å². The number of pyridine rings is 1. The molecule has 0 saturated heterocycles. The molecule has 0 atom stereocenters. The molecule has 0 amide bonds. The summed E-state index contributed by atoms with van der Waals surface area (Å²) < 4.78 is 27.6. The van der Waals surface area contributed by atoms with E-state index in [4.69, 9.17) is 0 Å². The van der Waals surface area contributed by atoms with Gasteiger partial charge in [-0.3, -0.25) is 4.79 Å². The van der Waals surface area contributed by atoms with Gasteiger partial charge >= 0.3 is 0 Å². The first-order valence-electron chi connectivity index (χ1n) is 7.43. The molecule has 3 aromatic rings. The summed E-state index contributed by atoms with van der Waals surface area (Å²) in [5.74, 6) is -3.06. The van der Waals surface area contributed by atoms with Crippen molar-refractivity contribution in [2.75, 3.05) is 0 Å². The van der Waals surface area contributed by atoms with Crippen molar-refractivity contribution in [1.29, 1.82) is 0 Å². The van der Waals surface area contributed by atoms with Gasteiger partial charge in [0.15, 0.2) is 0 Å². The zero-order chi connectivity index (χ0) is 16.6. The predicted octanol–water partition coefficient (Wildman–Crippen LogP) is 4.54. The third-order valence-corrected chi connectivity index (χ3v) is 3.91. The van der Waals surface area contributed by atoms with Gasteiger partial charge in [-0.05, 0) is 36.6 Å². The Morgan fingerprint density at radius 2 is 1.65 bits per heavy atom. The minimum absolute atomic E-state index is 0.234. The lowest BCUT2D eigenvalue weighted by molar-refractivity contribution is 0.0189. The number of nitrogens with one attached hydrogen (secondary N) is 1. The molecule has 0 unspecified atom stereocenters. The van der Waals surface area contributed by atoms with Crippen LogP contribution < -0.4 is 5.56 Å². The summed E-state index contributed by atoms with van der Waals surface area (Å²) in [4.78, 5) is 14.2. The number of aromatic nitrogens is 1. The second-order valence-electron chi connectivity index (χ2n) is 5.98. The van der Waals surface area contributed by atoms with Gasteiger partial charge < -0.3 is 4.98 Å². The Morgan fingerprint density at radius 3 is 2.30 bits per heavy atom. The number of H-pyrrole nitrogens is 1. The lowest BCUT2D eigenvalue weighted by atomic mass is 9.98. The Hall–Kier alpha value is -2.49.